The molecule has 0 saturated heterocycles. The predicted molar refractivity (Wildman–Crippen MR) is 91.1 cm³/mol. The summed E-state index contributed by atoms with van der Waals surface area (Å²) in [6.45, 7) is 4.28. The lowest BCUT2D eigenvalue weighted by molar-refractivity contribution is -0.119. The zero-order valence-electron chi connectivity index (χ0n) is 14.2. The summed E-state index contributed by atoms with van der Waals surface area (Å²) >= 11 is 5.87. The second-order valence-corrected chi connectivity index (χ2v) is 5.91. The maximum absolute atomic E-state index is 12.6. The van der Waals surface area contributed by atoms with E-state index in [1.165, 1.54) is 22.0 Å². The van der Waals surface area contributed by atoms with Gasteiger partial charge in [-0.25, -0.2) is 0 Å². The zero-order chi connectivity index (χ0) is 17.9. The molecule has 0 aliphatic heterocycles. The number of hydrogen-bond donors (Lipinski definition) is 1. The Bertz CT molecular complexity index is 736. The summed E-state index contributed by atoms with van der Waals surface area (Å²) in [5.41, 5.74) is 0.737. The Balaban J connectivity index is 2.28. The van der Waals surface area contributed by atoms with E-state index in [2.05, 4.69) is 15.5 Å². The Morgan fingerprint density at radius 3 is 2.50 bits per heavy atom. The van der Waals surface area contributed by atoms with Gasteiger partial charge in [-0.3, -0.25) is 19.0 Å². The van der Waals surface area contributed by atoms with Crippen molar-refractivity contribution in [1.29, 1.82) is 0 Å². The lowest BCUT2D eigenvalue weighted by atomic mass is 10.2. The first kappa shape index (κ1) is 18.0. The minimum absolute atomic E-state index is 0.222. The van der Waals surface area contributed by atoms with E-state index in [1.54, 1.807) is 25.0 Å². The second kappa shape index (κ2) is 7.48. The number of nitrogens with one attached hydrogen (secondary N) is 1. The molecule has 0 aliphatic carbocycles. The van der Waals surface area contributed by atoms with Crippen LogP contribution in [0.15, 0.2) is 18.6 Å². The Hall–Kier alpha value is -2.35. The molecule has 2 amide bonds. The molecule has 2 aromatic heterocycles. The van der Waals surface area contributed by atoms with Crippen molar-refractivity contribution in [3.63, 3.8) is 0 Å². The molecule has 0 bridgehead atoms. The van der Waals surface area contributed by atoms with Crippen LogP contribution >= 0.6 is 11.6 Å². The van der Waals surface area contributed by atoms with Crippen molar-refractivity contribution >= 4 is 29.1 Å². The van der Waals surface area contributed by atoms with E-state index >= 15 is 0 Å². The van der Waals surface area contributed by atoms with Crippen molar-refractivity contribution < 1.29 is 9.59 Å². The second-order valence-electron chi connectivity index (χ2n) is 5.47. The topological polar surface area (TPSA) is 85.0 Å². The molecule has 0 aromatic carbocycles. The number of aryl methyl sites for hydroxylation is 1. The van der Waals surface area contributed by atoms with Crippen LogP contribution in [0.3, 0.4) is 0 Å². The Morgan fingerprint density at radius 1 is 1.29 bits per heavy atom. The summed E-state index contributed by atoms with van der Waals surface area (Å²) in [4.78, 5) is 26.4. The average molecular weight is 353 g/mol. The van der Waals surface area contributed by atoms with Gasteiger partial charge in [0, 0.05) is 26.8 Å². The van der Waals surface area contributed by atoms with Crippen molar-refractivity contribution in [3.8, 4) is 0 Å². The minimum Gasteiger partial charge on any atom is -0.343 e. The number of aromatic nitrogens is 4. The maximum atomic E-state index is 12.6. The van der Waals surface area contributed by atoms with Crippen LogP contribution in [-0.4, -0.2) is 50.4 Å². The highest BCUT2D eigenvalue weighted by Crippen LogP contribution is 2.21. The fourth-order valence-corrected chi connectivity index (χ4v) is 2.49. The lowest BCUT2D eigenvalue weighted by Crippen LogP contribution is -2.29. The van der Waals surface area contributed by atoms with E-state index in [4.69, 9.17) is 11.6 Å². The van der Waals surface area contributed by atoms with Crippen LogP contribution < -0.4 is 5.32 Å². The summed E-state index contributed by atoms with van der Waals surface area (Å²) in [7, 11) is 3.31. The van der Waals surface area contributed by atoms with E-state index in [-0.39, 0.29) is 11.8 Å². The van der Waals surface area contributed by atoms with Gasteiger partial charge in [0.15, 0.2) is 0 Å². The van der Waals surface area contributed by atoms with Gasteiger partial charge < -0.3 is 10.2 Å². The number of anilines is 1. The van der Waals surface area contributed by atoms with Crippen molar-refractivity contribution in [1.82, 2.24) is 24.5 Å². The van der Waals surface area contributed by atoms with Crippen LogP contribution in [0.2, 0.25) is 5.02 Å². The summed E-state index contributed by atoms with van der Waals surface area (Å²) in [5, 5.41) is 11.5. The average Bonchev–Trinajstić information content (AvgIpc) is 3.13. The number of carbonyl (C=O) groups is 2. The maximum Gasteiger partial charge on any atom is 0.273 e. The van der Waals surface area contributed by atoms with Crippen LogP contribution in [0.1, 0.15) is 36.8 Å². The van der Waals surface area contributed by atoms with E-state index in [1.807, 2.05) is 13.8 Å². The van der Waals surface area contributed by atoms with E-state index in [0.717, 1.165) is 0 Å². The monoisotopic (exact) mass is 352 g/mol. The molecular formula is C15H21ClN6O2. The quantitative estimate of drug-likeness (QED) is 0.862. The first-order valence-electron chi connectivity index (χ1n) is 7.67. The van der Waals surface area contributed by atoms with Crippen LogP contribution in [-0.2, 0) is 11.3 Å². The highest BCUT2D eigenvalue weighted by molar-refractivity contribution is 6.30. The highest BCUT2D eigenvalue weighted by atomic mass is 35.5. The molecule has 130 valence electrons. The third-order valence-corrected chi connectivity index (χ3v) is 3.78. The normalized spacial score (nSPS) is 12.0. The molecule has 0 saturated carbocycles. The molecule has 8 nitrogen and oxygen atoms in total. The fraction of sp³-hybridized carbons (Fsp3) is 0.467. The third kappa shape index (κ3) is 3.59. The summed E-state index contributed by atoms with van der Waals surface area (Å²) in [5.74, 6) is -0.499. The molecule has 0 radical (unpaired) electrons. The van der Waals surface area contributed by atoms with Gasteiger partial charge in [0.2, 0.25) is 5.91 Å². The first-order valence-corrected chi connectivity index (χ1v) is 8.04. The molecule has 0 fully saturated rings. The zero-order valence-corrected chi connectivity index (χ0v) is 14.9. The largest absolute Gasteiger partial charge is 0.343 e. The summed E-state index contributed by atoms with van der Waals surface area (Å²) < 4.78 is 3.07. The van der Waals surface area contributed by atoms with Gasteiger partial charge in [-0.15, -0.1) is 0 Å². The van der Waals surface area contributed by atoms with Gasteiger partial charge in [0.1, 0.15) is 11.7 Å². The molecule has 1 unspecified atom stereocenters. The van der Waals surface area contributed by atoms with E-state index in [9.17, 15) is 9.59 Å². The number of amides is 2. The Kier molecular flexibility index (Phi) is 5.61. The molecule has 24 heavy (non-hydrogen) atoms. The van der Waals surface area contributed by atoms with Gasteiger partial charge in [0.25, 0.3) is 5.91 Å². The summed E-state index contributed by atoms with van der Waals surface area (Å²) in [6, 6.07) is -0.523. The minimum atomic E-state index is -0.523. The molecule has 2 heterocycles. The van der Waals surface area contributed by atoms with Gasteiger partial charge in [-0.1, -0.05) is 18.5 Å². The molecule has 0 spiro atoms. The molecule has 2 rings (SSSR count). The number of carbonyl (C=O) groups excluding carboxylic acids is 2. The van der Waals surface area contributed by atoms with E-state index in [0.29, 0.717) is 29.4 Å². The molecule has 0 aliphatic rings. The van der Waals surface area contributed by atoms with Crippen molar-refractivity contribution in [2.45, 2.75) is 32.9 Å². The predicted octanol–water partition coefficient (Wildman–Crippen LogP) is 2.04. The number of halogens is 1. The molecule has 1 N–H and O–H groups in total. The lowest BCUT2D eigenvalue weighted by Gasteiger charge is -2.17. The Labute approximate surface area is 145 Å². The standard InChI is InChI=1S/C15H21ClN6O2/c1-5-12(22-9-10(16)7-17-22)14(23)19-11-8-18-21(6-2)13(11)15(24)20(3)4/h7-9,12H,5-6H2,1-4H3,(H,19,23). The molecular weight excluding hydrogens is 332 g/mol. The van der Waals surface area contributed by atoms with Crippen molar-refractivity contribution in [3.05, 3.63) is 29.3 Å². The van der Waals surface area contributed by atoms with Gasteiger partial charge >= 0.3 is 0 Å². The van der Waals surface area contributed by atoms with E-state index < -0.39 is 6.04 Å². The Morgan fingerprint density at radius 2 is 2.00 bits per heavy atom. The van der Waals surface area contributed by atoms with Gasteiger partial charge in [0.05, 0.1) is 23.1 Å². The van der Waals surface area contributed by atoms with Crippen molar-refractivity contribution in [2.75, 3.05) is 19.4 Å². The molecule has 1 atom stereocenters. The van der Waals surface area contributed by atoms with Gasteiger partial charge in [-0.05, 0) is 13.3 Å². The van der Waals surface area contributed by atoms with Crippen LogP contribution in [0, 0.1) is 0 Å². The number of nitrogens with zero attached hydrogens (tertiary/aromatic N) is 5. The highest BCUT2D eigenvalue weighted by Gasteiger charge is 2.25. The van der Waals surface area contributed by atoms with Crippen LogP contribution in [0.5, 0.6) is 0 Å². The fourth-order valence-electron chi connectivity index (χ4n) is 2.35. The van der Waals surface area contributed by atoms with Crippen LogP contribution in [0.4, 0.5) is 5.69 Å². The smallest absolute Gasteiger partial charge is 0.273 e. The van der Waals surface area contributed by atoms with Gasteiger partial charge in [-0.2, -0.15) is 10.2 Å². The SMILES string of the molecule is CCC(C(=O)Nc1cnn(CC)c1C(=O)N(C)C)n1cc(Cl)cn1. The van der Waals surface area contributed by atoms with Crippen molar-refractivity contribution in [2.24, 2.45) is 0 Å². The number of rotatable bonds is 6. The molecule has 9 heteroatoms. The first-order chi connectivity index (χ1) is 11.4. The van der Waals surface area contributed by atoms with Crippen LogP contribution in [0.25, 0.3) is 0 Å². The number of hydrogen-bond acceptors (Lipinski definition) is 4. The summed E-state index contributed by atoms with van der Waals surface area (Å²) in [6.07, 6.45) is 5.09. The molecule has 2 aromatic rings. The third-order valence-electron chi connectivity index (χ3n) is 3.58.